The van der Waals surface area contributed by atoms with Gasteiger partial charge in [0.25, 0.3) is 0 Å². The minimum absolute atomic E-state index is 0.0724. The maximum absolute atomic E-state index is 11.6. The number of rotatable bonds is 4. The Bertz CT molecular complexity index is 780. The molecular formula is C16H12ClNO2S. The summed E-state index contributed by atoms with van der Waals surface area (Å²) in [6.07, 6.45) is 0. The molecule has 21 heavy (non-hydrogen) atoms. The molecule has 0 aliphatic heterocycles. The van der Waals surface area contributed by atoms with Gasteiger partial charge in [0.05, 0.1) is 15.8 Å². The summed E-state index contributed by atoms with van der Waals surface area (Å²) >= 11 is 7.50. The molecule has 0 unspecified atom stereocenters. The van der Waals surface area contributed by atoms with Crippen LogP contribution in [0, 0.1) is 0 Å². The van der Waals surface area contributed by atoms with Crippen LogP contribution in [0.2, 0.25) is 5.02 Å². The number of benzene rings is 2. The first-order valence-corrected chi connectivity index (χ1v) is 7.60. The topological polar surface area (TPSA) is 39.2 Å². The molecule has 0 saturated heterocycles. The van der Waals surface area contributed by atoms with Gasteiger partial charge in [-0.2, -0.15) is 0 Å². The van der Waals surface area contributed by atoms with E-state index in [1.54, 1.807) is 29.5 Å². The molecule has 0 bridgehead atoms. The maximum atomic E-state index is 11.6. The standard InChI is InChI=1S/C16H12ClNO2S/c1-10(19)12-8-11(17)6-7-14(12)20-9-16-18-13-4-2-3-5-15(13)21-16/h2-8H,9H2,1H3. The van der Waals surface area contributed by atoms with Crippen LogP contribution in [0.5, 0.6) is 5.75 Å². The Labute approximate surface area is 131 Å². The molecule has 106 valence electrons. The summed E-state index contributed by atoms with van der Waals surface area (Å²) in [6, 6.07) is 13.0. The predicted octanol–water partition coefficient (Wildman–Crippen LogP) is 4.73. The first-order valence-electron chi connectivity index (χ1n) is 6.41. The van der Waals surface area contributed by atoms with Crippen molar-refractivity contribution < 1.29 is 9.53 Å². The largest absolute Gasteiger partial charge is 0.486 e. The van der Waals surface area contributed by atoms with Crippen molar-refractivity contribution in [3.63, 3.8) is 0 Å². The average Bonchev–Trinajstić information content (AvgIpc) is 2.88. The van der Waals surface area contributed by atoms with Gasteiger partial charge in [0.15, 0.2) is 5.78 Å². The maximum Gasteiger partial charge on any atom is 0.163 e. The van der Waals surface area contributed by atoms with Gasteiger partial charge in [-0.15, -0.1) is 11.3 Å². The highest BCUT2D eigenvalue weighted by atomic mass is 35.5. The molecule has 0 atom stereocenters. The van der Waals surface area contributed by atoms with Crippen LogP contribution in [-0.4, -0.2) is 10.8 Å². The second kappa shape index (κ2) is 5.84. The third kappa shape index (κ3) is 3.06. The molecule has 0 aliphatic carbocycles. The summed E-state index contributed by atoms with van der Waals surface area (Å²) in [7, 11) is 0. The average molecular weight is 318 g/mol. The highest BCUT2D eigenvalue weighted by Gasteiger charge is 2.11. The van der Waals surface area contributed by atoms with Crippen LogP contribution in [0.4, 0.5) is 0 Å². The van der Waals surface area contributed by atoms with Gasteiger partial charge < -0.3 is 4.74 Å². The fraction of sp³-hybridized carbons (Fsp3) is 0.125. The molecular weight excluding hydrogens is 306 g/mol. The SMILES string of the molecule is CC(=O)c1cc(Cl)ccc1OCc1nc2ccccc2s1. The molecule has 0 amide bonds. The summed E-state index contributed by atoms with van der Waals surface area (Å²) in [5.74, 6) is 0.461. The van der Waals surface area contributed by atoms with Crippen LogP contribution < -0.4 is 4.74 Å². The zero-order valence-corrected chi connectivity index (χ0v) is 12.9. The van der Waals surface area contributed by atoms with Gasteiger partial charge in [-0.05, 0) is 37.3 Å². The lowest BCUT2D eigenvalue weighted by Gasteiger charge is -2.08. The number of thiazole rings is 1. The third-order valence-electron chi connectivity index (χ3n) is 3.01. The van der Waals surface area contributed by atoms with Crippen molar-refractivity contribution in [2.24, 2.45) is 0 Å². The summed E-state index contributed by atoms with van der Waals surface area (Å²) in [4.78, 5) is 16.1. The van der Waals surface area contributed by atoms with Crippen molar-refractivity contribution in [3.05, 3.63) is 58.1 Å². The number of hydrogen-bond donors (Lipinski definition) is 0. The number of halogens is 1. The fourth-order valence-electron chi connectivity index (χ4n) is 2.02. The van der Waals surface area contributed by atoms with Crippen molar-refractivity contribution in [1.82, 2.24) is 4.98 Å². The van der Waals surface area contributed by atoms with Crippen molar-refractivity contribution in [1.29, 1.82) is 0 Å². The van der Waals surface area contributed by atoms with E-state index >= 15 is 0 Å². The molecule has 1 aromatic heterocycles. The van der Waals surface area contributed by atoms with Gasteiger partial charge >= 0.3 is 0 Å². The normalized spacial score (nSPS) is 10.8. The number of hydrogen-bond acceptors (Lipinski definition) is 4. The zero-order valence-electron chi connectivity index (χ0n) is 11.3. The van der Waals surface area contributed by atoms with E-state index in [-0.39, 0.29) is 5.78 Å². The Morgan fingerprint density at radius 2 is 2.10 bits per heavy atom. The van der Waals surface area contributed by atoms with Crippen molar-refractivity contribution in [2.45, 2.75) is 13.5 Å². The summed E-state index contributed by atoms with van der Waals surface area (Å²) in [6.45, 7) is 1.83. The number of carbonyl (C=O) groups excluding carboxylic acids is 1. The van der Waals surface area contributed by atoms with Crippen LogP contribution in [0.25, 0.3) is 10.2 Å². The number of Topliss-reactive ketones (excluding diaryl/α,β-unsaturated/α-hetero) is 1. The van der Waals surface area contributed by atoms with Gasteiger partial charge in [-0.1, -0.05) is 23.7 Å². The first-order chi connectivity index (χ1) is 10.1. The molecule has 0 radical (unpaired) electrons. The molecule has 0 spiro atoms. The minimum Gasteiger partial charge on any atom is -0.486 e. The van der Waals surface area contributed by atoms with Gasteiger partial charge in [0.1, 0.15) is 17.4 Å². The Morgan fingerprint density at radius 1 is 1.29 bits per heavy atom. The minimum atomic E-state index is -0.0724. The number of aromatic nitrogens is 1. The van der Waals surface area contributed by atoms with Crippen LogP contribution in [-0.2, 0) is 6.61 Å². The molecule has 3 rings (SSSR count). The van der Waals surface area contributed by atoms with Crippen molar-refractivity contribution in [2.75, 3.05) is 0 Å². The molecule has 0 fully saturated rings. The lowest BCUT2D eigenvalue weighted by atomic mass is 10.1. The molecule has 3 aromatic rings. The van der Waals surface area contributed by atoms with E-state index in [1.807, 2.05) is 24.3 Å². The third-order valence-corrected chi connectivity index (χ3v) is 4.26. The quantitative estimate of drug-likeness (QED) is 0.653. The molecule has 2 aromatic carbocycles. The van der Waals surface area contributed by atoms with Crippen LogP contribution >= 0.6 is 22.9 Å². The van der Waals surface area contributed by atoms with Gasteiger partial charge in [0, 0.05) is 5.02 Å². The molecule has 0 saturated carbocycles. The summed E-state index contributed by atoms with van der Waals surface area (Å²) in [5, 5.41) is 1.40. The number of ether oxygens (including phenoxy) is 1. The number of ketones is 1. The number of para-hydroxylation sites is 1. The summed E-state index contributed by atoms with van der Waals surface area (Å²) < 4.78 is 6.86. The Balaban J connectivity index is 1.83. The Hall–Kier alpha value is -1.91. The highest BCUT2D eigenvalue weighted by molar-refractivity contribution is 7.18. The van der Waals surface area contributed by atoms with E-state index in [0.717, 1.165) is 15.2 Å². The zero-order chi connectivity index (χ0) is 14.8. The van der Waals surface area contributed by atoms with E-state index in [4.69, 9.17) is 16.3 Å². The van der Waals surface area contributed by atoms with Crippen molar-refractivity contribution in [3.8, 4) is 5.75 Å². The lowest BCUT2D eigenvalue weighted by molar-refractivity contribution is 0.101. The monoisotopic (exact) mass is 317 g/mol. The van der Waals surface area contributed by atoms with Crippen LogP contribution in [0.3, 0.4) is 0 Å². The second-order valence-corrected chi connectivity index (χ2v) is 6.11. The van der Waals surface area contributed by atoms with Crippen molar-refractivity contribution >= 4 is 38.9 Å². The molecule has 3 nitrogen and oxygen atoms in total. The Kier molecular flexibility index (Phi) is 3.90. The van der Waals surface area contributed by atoms with E-state index in [9.17, 15) is 4.79 Å². The summed E-state index contributed by atoms with van der Waals surface area (Å²) in [5.41, 5.74) is 1.45. The second-order valence-electron chi connectivity index (χ2n) is 4.56. The van der Waals surface area contributed by atoms with E-state index in [2.05, 4.69) is 4.98 Å². The predicted molar refractivity (Wildman–Crippen MR) is 85.4 cm³/mol. The van der Waals surface area contributed by atoms with Gasteiger partial charge in [0.2, 0.25) is 0 Å². The van der Waals surface area contributed by atoms with Gasteiger partial charge in [-0.25, -0.2) is 4.98 Å². The fourth-order valence-corrected chi connectivity index (χ4v) is 3.08. The lowest BCUT2D eigenvalue weighted by Crippen LogP contribution is -2.01. The van der Waals surface area contributed by atoms with E-state index in [0.29, 0.717) is 22.9 Å². The first kappa shape index (κ1) is 14.0. The smallest absolute Gasteiger partial charge is 0.163 e. The molecule has 0 aliphatic rings. The number of carbonyl (C=O) groups is 1. The molecule has 0 N–H and O–H groups in total. The molecule has 5 heteroatoms. The van der Waals surface area contributed by atoms with Gasteiger partial charge in [-0.3, -0.25) is 4.79 Å². The van der Waals surface area contributed by atoms with E-state index in [1.165, 1.54) is 6.92 Å². The van der Waals surface area contributed by atoms with Crippen LogP contribution in [0.15, 0.2) is 42.5 Å². The molecule has 1 heterocycles. The van der Waals surface area contributed by atoms with E-state index < -0.39 is 0 Å². The van der Waals surface area contributed by atoms with Crippen LogP contribution in [0.1, 0.15) is 22.3 Å². The highest BCUT2D eigenvalue weighted by Crippen LogP contribution is 2.26. The number of nitrogens with zero attached hydrogens (tertiary/aromatic N) is 1. The Morgan fingerprint density at radius 3 is 2.86 bits per heavy atom. The number of fused-ring (bicyclic) bond motifs is 1.